The van der Waals surface area contributed by atoms with E-state index >= 15 is 0 Å². The van der Waals surface area contributed by atoms with E-state index in [1.165, 1.54) is 25.7 Å². The van der Waals surface area contributed by atoms with E-state index in [1.54, 1.807) is 12.1 Å². The Labute approximate surface area is 142 Å². The third kappa shape index (κ3) is 5.54. The highest BCUT2D eigenvalue weighted by Crippen LogP contribution is 2.30. The van der Waals surface area contributed by atoms with Crippen LogP contribution in [0.3, 0.4) is 0 Å². The third-order valence-corrected chi connectivity index (χ3v) is 4.28. The van der Waals surface area contributed by atoms with Crippen molar-refractivity contribution in [2.75, 3.05) is 5.32 Å². The molecule has 24 heavy (non-hydrogen) atoms. The predicted molar refractivity (Wildman–Crippen MR) is 92.9 cm³/mol. The van der Waals surface area contributed by atoms with Gasteiger partial charge in [0.1, 0.15) is 6.42 Å². The average Bonchev–Trinajstić information content (AvgIpc) is 3.08. The van der Waals surface area contributed by atoms with Crippen LogP contribution in [-0.2, 0) is 16.1 Å². The Hall–Kier alpha value is -2.61. The lowest BCUT2D eigenvalue weighted by Gasteiger charge is -2.10. The van der Waals surface area contributed by atoms with Crippen molar-refractivity contribution in [3.8, 4) is 6.07 Å². The smallest absolute Gasteiger partial charge is 0.248 e. The summed E-state index contributed by atoms with van der Waals surface area (Å²) in [4.78, 5) is 23.5. The van der Waals surface area contributed by atoms with Crippen molar-refractivity contribution in [3.05, 3.63) is 41.5 Å². The van der Waals surface area contributed by atoms with E-state index in [1.807, 2.05) is 31.2 Å². The molecule has 0 aliphatic heterocycles. The minimum atomic E-state index is -0.304. The predicted octanol–water partition coefficient (Wildman–Crippen LogP) is 3.29. The van der Waals surface area contributed by atoms with Crippen LogP contribution >= 0.6 is 0 Å². The summed E-state index contributed by atoms with van der Waals surface area (Å²) in [5.74, 6) is 0.115. The number of amides is 2. The maximum absolute atomic E-state index is 12.1. The molecule has 0 bridgehead atoms. The molecule has 0 aromatic heterocycles. The number of hydrogen-bond acceptors (Lipinski definition) is 3. The molecule has 1 aliphatic carbocycles. The van der Waals surface area contributed by atoms with E-state index in [2.05, 4.69) is 10.6 Å². The molecule has 0 atom stereocenters. The molecule has 5 nitrogen and oxygen atoms in total. The average molecular weight is 325 g/mol. The highest BCUT2D eigenvalue weighted by Gasteiger charge is 2.17. The summed E-state index contributed by atoms with van der Waals surface area (Å²) in [5.41, 5.74) is 2.71. The van der Waals surface area contributed by atoms with Crippen LogP contribution in [0.5, 0.6) is 0 Å². The van der Waals surface area contributed by atoms with Crippen LogP contribution in [0.15, 0.2) is 35.9 Å². The van der Waals surface area contributed by atoms with Gasteiger partial charge in [-0.25, -0.2) is 0 Å². The number of carbonyl (C=O) groups is 2. The summed E-state index contributed by atoms with van der Waals surface area (Å²) in [6.45, 7) is 2.36. The Kier molecular flexibility index (Phi) is 6.56. The van der Waals surface area contributed by atoms with E-state index < -0.39 is 0 Å². The van der Waals surface area contributed by atoms with E-state index in [0.717, 1.165) is 11.1 Å². The van der Waals surface area contributed by atoms with Gasteiger partial charge in [-0.1, -0.05) is 30.5 Å². The molecule has 2 amide bonds. The topological polar surface area (TPSA) is 82.0 Å². The van der Waals surface area contributed by atoms with Crippen LogP contribution in [0.4, 0.5) is 5.69 Å². The van der Waals surface area contributed by atoms with E-state index in [0.29, 0.717) is 18.2 Å². The summed E-state index contributed by atoms with van der Waals surface area (Å²) in [5, 5.41) is 14.0. The molecule has 0 spiro atoms. The second kappa shape index (κ2) is 8.88. The van der Waals surface area contributed by atoms with Gasteiger partial charge < -0.3 is 10.6 Å². The van der Waals surface area contributed by atoms with Crippen LogP contribution in [0, 0.1) is 17.2 Å². The monoisotopic (exact) mass is 325 g/mol. The number of allylic oxidation sites excluding steroid dienone is 1. The molecule has 2 rings (SSSR count). The second-order valence-electron chi connectivity index (χ2n) is 6.17. The fourth-order valence-electron chi connectivity index (χ4n) is 2.98. The van der Waals surface area contributed by atoms with Crippen LogP contribution in [0.25, 0.3) is 0 Å². The van der Waals surface area contributed by atoms with Crippen LogP contribution in [0.2, 0.25) is 0 Å². The number of hydrogen-bond donors (Lipinski definition) is 2. The van der Waals surface area contributed by atoms with Gasteiger partial charge in [-0.3, -0.25) is 9.59 Å². The molecule has 1 fully saturated rings. The largest absolute Gasteiger partial charge is 0.351 e. The number of nitrogens with one attached hydrogen (secondary N) is 2. The third-order valence-electron chi connectivity index (χ3n) is 4.28. The van der Waals surface area contributed by atoms with Crippen molar-refractivity contribution in [1.82, 2.24) is 5.32 Å². The standard InChI is InChI=1S/C19H23N3O2/c1-14(16-6-2-3-7-16)11-19(24)22-17-8-4-5-15(12-17)13-21-18(23)9-10-20/h4-5,8,11-12,16H,2-3,6-7,9,13H2,1H3,(H,21,23)(H,22,24)/b14-11+. The SMILES string of the molecule is C/C(=C\C(=O)Nc1cccc(CNC(=O)CC#N)c1)C1CCCC1. The molecule has 0 heterocycles. The van der Waals surface area contributed by atoms with Crippen molar-refractivity contribution >= 4 is 17.5 Å². The van der Waals surface area contributed by atoms with Gasteiger partial charge in [0.2, 0.25) is 11.8 Å². The van der Waals surface area contributed by atoms with Gasteiger partial charge in [0.25, 0.3) is 0 Å². The molecule has 2 N–H and O–H groups in total. The first-order chi connectivity index (χ1) is 11.6. The molecule has 1 aromatic carbocycles. The summed E-state index contributed by atoms with van der Waals surface area (Å²) in [6.07, 6.45) is 6.38. The summed E-state index contributed by atoms with van der Waals surface area (Å²) >= 11 is 0. The van der Waals surface area contributed by atoms with Gasteiger partial charge in [0.05, 0.1) is 6.07 Å². The first kappa shape index (κ1) is 17.7. The molecule has 126 valence electrons. The minimum Gasteiger partial charge on any atom is -0.351 e. The molecule has 1 aliphatic rings. The summed E-state index contributed by atoms with van der Waals surface area (Å²) in [6, 6.07) is 9.14. The molecule has 5 heteroatoms. The number of rotatable bonds is 6. The Balaban J connectivity index is 1.91. The van der Waals surface area contributed by atoms with Crippen LogP contribution in [-0.4, -0.2) is 11.8 Å². The Morgan fingerprint density at radius 1 is 1.33 bits per heavy atom. The first-order valence-electron chi connectivity index (χ1n) is 8.30. The van der Waals surface area contributed by atoms with E-state index in [9.17, 15) is 9.59 Å². The van der Waals surface area contributed by atoms with Gasteiger partial charge >= 0.3 is 0 Å². The Bertz CT molecular complexity index is 667. The molecular weight excluding hydrogens is 302 g/mol. The Morgan fingerprint density at radius 2 is 2.08 bits per heavy atom. The highest BCUT2D eigenvalue weighted by atomic mass is 16.2. The number of carbonyl (C=O) groups excluding carboxylic acids is 2. The molecule has 1 aromatic rings. The van der Waals surface area contributed by atoms with Gasteiger partial charge in [-0.2, -0.15) is 5.26 Å². The van der Waals surface area contributed by atoms with Crippen LogP contribution < -0.4 is 10.6 Å². The zero-order valence-corrected chi connectivity index (χ0v) is 14.0. The lowest BCUT2D eigenvalue weighted by atomic mass is 9.99. The zero-order valence-electron chi connectivity index (χ0n) is 14.0. The fraction of sp³-hybridized carbons (Fsp3) is 0.421. The van der Waals surface area contributed by atoms with Crippen molar-refractivity contribution in [2.24, 2.45) is 5.92 Å². The molecule has 0 saturated heterocycles. The first-order valence-corrected chi connectivity index (χ1v) is 8.30. The van der Waals surface area contributed by atoms with Crippen molar-refractivity contribution < 1.29 is 9.59 Å². The normalized spacial score (nSPS) is 14.9. The van der Waals surface area contributed by atoms with Gasteiger partial charge in [0.15, 0.2) is 0 Å². The quantitative estimate of drug-likeness (QED) is 0.787. The fourth-order valence-corrected chi connectivity index (χ4v) is 2.98. The second-order valence-corrected chi connectivity index (χ2v) is 6.17. The maximum Gasteiger partial charge on any atom is 0.248 e. The van der Waals surface area contributed by atoms with Crippen molar-refractivity contribution in [1.29, 1.82) is 5.26 Å². The van der Waals surface area contributed by atoms with Gasteiger partial charge in [-0.05, 0) is 43.4 Å². The molecule has 1 saturated carbocycles. The zero-order chi connectivity index (χ0) is 17.4. The minimum absolute atomic E-state index is 0.120. The lowest BCUT2D eigenvalue weighted by molar-refractivity contribution is -0.120. The van der Waals surface area contributed by atoms with Crippen LogP contribution in [0.1, 0.15) is 44.6 Å². The van der Waals surface area contributed by atoms with Crippen molar-refractivity contribution in [3.63, 3.8) is 0 Å². The molecule has 0 radical (unpaired) electrons. The Morgan fingerprint density at radius 3 is 2.79 bits per heavy atom. The number of benzene rings is 1. The van der Waals surface area contributed by atoms with Gasteiger partial charge in [-0.15, -0.1) is 0 Å². The van der Waals surface area contributed by atoms with Crippen molar-refractivity contribution in [2.45, 2.75) is 45.6 Å². The molecule has 0 unspecified atom stereocenters. The lowest BCUT2D eigenvalue weighted by Crippen LogP contribution is -2.21. The van der Waals surface area contributed by atoms with Gasteiger partial charge in [0, 0.05) is 18.3 Å². The number of nitriles is 1. The summed E-state index contributed by atoms with van der Waals surface area (Å²) < 4.78 is 0. The number of nitrogens with zero attached hydrogens (tertiary/aromatic N) is 1. The van der Waals surface area contributed by atoms with E-state index in [-0.39, 0.29) is 18.2 Å². The summed E-state index contributed by atoms with van der Waals surface area (Å²) in [7, 11) is 0. The molecular formula is C19H23N3O2. The maximum atomic E-state index is 12.1. The highest BCUT2D eigenvalue weighted by molar-refractivity contribution is 5.99. The number of anilines is 1. The van der Waals surface area contributed by atoms with E-state index in [4.69, 9.17) is 5.26 Å².